The van der Waals surface area contributed by atoms with E-state index in [4.69, 9.17) is 42.7 Å². The zero-order chi connectivity index (χ0) is 43.6. The number of carbonyl (C=O) groups excluding carboxylic acids is 4. The summed E-state index contributed by atoms with van der Waals surface area (Å²) in [5.41, 5.74) is -6.54. The van der Waals surface area contributed by atoms with E-state index in [1.54, 1.807) is 70.7 Å². The Kier molecular flexibility index (Phi) is 16.7. The van der Waals surface area contributed by atoms with Crippen molar-refractivity contribution in [3.63, 3.8) is 0 Å². The molecule has 0 saturated carbocycles. The second-order valence-electron chi connectivity index (χ2n) is 15.9. The van der Waals surface area contributed by atoms with Crippen LogP contribution in [-0.4, -0.2) is 101 Å². The minimum absolute atomic E-state index is 0.172. The van der Waals surface area contributed by atoms with Crippen LogP contribution in [0.2, 0.25) is 0 Å². The highest BCUT2D eigenvalue weighted by Crippen LogP contribution is 2.22. The van der Waals surface area contributed by atoms with E-state index in [1.807, 2.05) is 42.5 Å². The number of hydrogen-bond acceptors (Lipinski definition) is 13. The third-order valence-electron chi connectivity index (χ3n) is 7.09. The van der Waals surface area contributed by atoms with Crippen LogP contribution >= 0.6 is 0 Å². The molecular formula is C35H53F3N6O12S. The number of anilines is 1. The van der Waals surface area contributed by atoms with Crippen LogP contribution in [0.25, 0.3) is 0 Å². The number of hydrogen-bond donors (Lipinski definition) is 3. The largest absolute Gasteiger partial charge is 0.741 e. The maximum absolute atomic E-state index is 13.2. The van der Waals surface area contributed by atoms with Gasteiger partial charge < -0.3 is 39.0 Å². The molecule has 0 radical (unpaired) electrons. The van der Waals surface area contributed by atoms with Gasteiger partial charge in [-0.15, -0.1) is 4.68 Å². The van der Waals surface area contributed by atoms with Crippen molar-refractivity contribution in [3.8, 4) is 5.75 Å². The number of alkyl halides is 3. The van der Waals surface area contributed by atoms with Crippen LogP contribution in [0.1, 0.15) is 79.1 Å². The van der Waals surface area contributed by atoms with Gasteiger partial charge in [0.05, 0.1) is 18.7 Å². The van der Waals surface area contributed by atoms with Gasteiger partial charge in [0.25, 0.3) is 5.91 Å². The molecule has 322 valence electrons. The lowest BCUT2D eigenvalue weighted by Crippen LogP contribution is -2.58. The quantitative estimate of drug-likeness (QED) is 0.0496. The fourth-order valence-electron chi connectivity index (χ4n) is 4.70. The Morgan fingerprint density at radius 3 is 1.96 bits per heavy atom. The molecule has 1 aromatic carbocycles. The van der Waals surface area contributed by atoms with Gasteiger partial charge in [-0.2, -0.15) is 17.9 Å². The molecule has 1 aromatic heterocycles. The first kappa shape index (κ1) is 48.5. The number of aryl methyl sites for hydroxylation is 1. The smallest absolute Gasteiger partial charge is 0.485 e. The lowest BCUT2D eigenvalue weighted by atomic mass is 10.0. The van der Waals surface area contributed by atoms with E-state index in [2.05, 4.69) is 10.6 Å². The number of benzene rings is 1. The highest BCUT2D eigenvalue weighted by molar-refractivity contribution is 7.86. The molecule has 3 amide bonds. The van der Waals surface area contributed by atoms with Gasteiger partial charge in [-0.3, -0.25) is 9.63 Å². The number of carbonyl (C=O) groups is 4. The van der Waals surface area contributed by atoms with Crippen molar-refractivity contribution < 1.29 is 73.8 Å². The number of nitrogens with one attached hydrogen (secondary N) is 2. The minimum Gasteiger partial charge on any atom is -0.741 e. The molecule has 18 nitrogen and oxygen atoms in total. The molecule has 2 aromatic rings. The van der Waals surface area contributed by atoms with Crippen LogP contribution in [0.5, 0.6) is 5.75 Å². The molecule has 1 fully saturated rings. The van der Waals surface area contributed by atoms with Crippen molar-refractivity contribution >= 4 is 39.9 Å². The standard InChI is InChI=1S/C34H52N6O9.CHF3O3S/c1-32(2,3)46-29(42)27(49-35)22-45-26-13-11-24(12-14-26)28(41)37-25-20-39(16-10-15-36-30(43)47-33(4,5)6)40(21-25)19-23-17-38(18-23)31(44)48-34(7,8)9;2-1(3,4)8(5,6)7/h11-14,20-21,23,27H,10,15-19,22,35H2,1-9H3,(H-,36,37,41,43);(H,5,6,7). The first-order valence-electron chi connectivity index (χ1n) is 17.7. The predicted molar refractivity (Wildman–Crippen MR) is 195 cm³/mol. The normalized spacial score (nSPS) is 14.3. The summed E-state index contributed by atoms with van der Waals surface area (Å²) in [4.78, 5) is 56.3. The molecule has 1 unspecified atom stereocenters. The van der Waals surface area contributed by atoms with Gasteiger partial charge >= 0.3 is 23.7 Å². The molecule has 1 aliphatic heterocycles. The number of ether oxygens (including phenoxy) is 4. The average Bonchev–Trinajstić information content (AvgIpc) is 3.38. The van der Waals surface area contributed by atoms with Crippen LogP contribution in [-0.2, 0) is 47.1 Å². The Hall–Kier alpha value is -4.67. The first-order chi connectivity index (χ1) is 26.0. The number of alkyl carbamates (subject to hydrolysis) is 1. The lowest BCUT2D eigenvalue weighted by molar-refractivity contribution is -0.781. The highest BCUT2D eigenvalue weighted by atomic mass is 32.2. The maximum Gasteiger partial charge on any atom is 0.485 e. The van der Waals surface area contributed by atoms with Crippen molar-refractivity contribution in [1.82, 2.24) is 14.9 Å². The molecule has 1 atom stereocenters. The van der Waals surface area contributed by atoms with Crippen LogP contribution in [0.4, 0.5) is 28.4 Å². The van der Waals surface area contributed by atoms with E-state index in [0.29, 0.717) is 56.1 Å². The van der Waals surface area contributed by atoms with Crippen molar-refractivity contribution in [2.24, 2.45) is 11.8 Å². The highest BCUT2D eigenvalue weighted by Gasteiger charge is 2.38. The zero-order valence-electron chi connectivity index (χ0n) is 33.4. The van der Waals surface area contributed by atoms with Gasteiger partial charge in [0.2, 0.25) is 12.3 Å². The van der Waals surface area contributed by atoms with Crippen LogP contribution in [0.3, 0.4) is 0 Å². The van der Waals surface area contributed by atoms with Crippen LogP contribution in [0, 0.1) is 5.92 Å². The monoisotopic (exact) mass is 838 g/mol. The molecular weight excluding hydrogens is 785 g/mol. The number of nitrogens with zero attached hydrogens (tertiary/aromatic N) is 3. The second kappa shape index (κ2) is 19.7. The van der Waals surface area contributed by atoms with Gasteiger partial charge in [0, 0.05) is 25.2 Å². The fourth-order valence-corrected chi connectivity index (χ4v) is 4.70. The molecule has 2 heterocycles. The van der Waals surface area contributed by atoms with Crippen molar-refractivity contribution in [2.45, 2.75) is 110 Å². The third-order valence-corrected chi connectivity index (χ3v) is 7.65. The summed E-state index contributed by atoms with van der Waals surface area (Å²) in [6, 6.07) is 6.41. The Labute approximate surface area is 329 Å². The van der Waals surface area contributed by atoms with E-state index >= 15 is 0 Å². The summed E-state index contributed by atoms with van der Waals surface area (Å²) in [5, 5.41) is 5.71. The summed E-state index contributed by atoms with van der Waals surface area (Å²) < 4.78 is 84.6. The summed E-state index contributed by atoms with van der Waals surface area (Å²) in [6.07, 6.45) is 2.35. The SMILES string of the molecule is CC(C)(C)OC(=O)NCCCn1cc(NC(=O)c2ccc(OCC(ON)C(=O)OC(C)(C)C)cc2)c[n+]1CC1CN(C(=O)OC(C)(C)C)C1.O=S(=O)([O-])C(F)(F)F. The fraction of sp³-hybridized carbons (Fsp3) is 0.629. The molecule has 0 spiro atoms. The van der Waals surface area contributed by atoms with Crippen molar-refractivity contribution in [3.05, 3.63) is 42.2 Å². The maximum atomic E-state index is 13.2. The Bertz CT molecular complexity index is 1780. The number of likely N-dealkylation sites (tertiary alicyclic amines) is 1. The summed E-state index contributed by atoms with van der Waals surface area (Å²) in [5.74, 6) is 4.89. The van der Waals surface area contributed by atoms with E-state index in [0.717, 1.165) is 0 Å². The number of nitrogens with two attached hydrogens (primary N) is 1. The summed E-state index contributed by atoms with van der Waals surface area (Å²) >= 11 is 0. The van der Waals surface area contributed by atoms with Gasteiger partial charge in [-0.1, -0.05) is 0 Å². The van der Waals surface area contributed by atoms with Gasteiger partial charge in [0.1, 0.15) is 34.8 Å². The molecule has 0 bridgehead atoms. The van der Waals surface area contributed by atoms with E-state index in [-0.39, 0.29) is 24.5 Å². The topological polar surface area (TPSA) is 234 Å². The number of halogens is 3. The van der Waals surface area contributed by atoms with Crippen molar-refractivity contribution in [2.75, 3.05) is 31.6 Å². The van der Waals surface area contributed by atoms with E-state index in [1.165, 1.54) is 0 Å². The zero-order valence-corrected chi connectivity index (χ0v) is 34.2. The molecule has 3 rings (SSSR count). The number of aromatic nitrogens is 2. The minimum atomic E-state index is -6.09. The summed E-state index contributed by atoms with van der Waals surface area (Å²) in [7, 11) is -6.09. The average molecular weight is 839 g/mol. The Morgan fingerprint density at radius 2 is 1.47 bits per heavy atom. The van der Waals surface area contributed by atoms with Crippen LogP contribution in [0.15, 0.2) is 36.7 Å². The molecule has 1 saturated heterocycles. The van der Waals surface area contributed by atoms with Gasteiger partial charge in [0.15, 0.2) is 16.7 Å². The second-order valence-corrected chi connectivity index (χ2v) is 17.3. The number of esters is 1. The molecule has 22 heteroatoms. The Balaban J connectivity index is 0.00000126. The van der Waals surface area contributed by atoms with E-state index in [9.17, 15) is 32.3 Å². The summed E-state index contributed by atoms with van der Waals surface area (Å²) in [6.45, 7) is 18.6. The third kappa shape index (κ3) is 18.0. The molecule has 0 aliphatic carbocycles. The Morgan fingerprint density at radius 1 is 0.930 bits per heavy atom. The van der Waals surface area contributed by atoms with E-state index < -0.39 is 50.6 Å². The lowest BCUT2D eigenvalue weighted by Gasteiger charge is -2.38. The first-order valence-corrected chi connectivity index (χ1v) is 19.1. The predicted octanol–water partition coefficient (Wildman–Crippen LogP) is 3.84. The van der Waals surface area contributed by atoms with Gasteiger partial charge in [-0.05, 0) is 93.0 Å². The molecule has 4 N–H and O–H groups in total. The van der Waals surface area contributed by atoms with Crippen LogP contribution < -0.4 is 25.9 Å². The molecule has 1 aliphatic rings. The molecule has 57 heavy (non-hydrogen) atoms. The number of amides is 3. The number of rotatable bonds is 13. The van der Waals surface area contributed by atoms with Crippen molar-refractivity contribution in [1.29, 1.82) is 0 Å². The van der Waals surface area contributed by atoms with Gasteiger partial charge in [-0.25, -0.2) is 28.7 Å².